The SMILES string of the molecule is C1=CCC([N-]C(C2=CC=CC2)(C2=CC=CC2)C2=CC=CC2)=C1.[Zr]. The first-order valence-corrected chi connectivity index (χ1v) is 8.07. The van der Waals surface area contributed by atoms with Crippen LogP contribution in [0.5, 0.6) is 0 Å². The summed E-state index contributed by atoms with van der Waals surface area (Å²) in [6, 6.07) is 0. The van der Waals surface area contributed by atoms with Crippen LogP contribution in [-0.2, 0) is 26.2 Å². The molecule has 0 N–H and O–H groups in total. The van der Waals surface area contributed by atoms with Gasteiger partial charge in [-0.1, -0.05) is 89.6 Å². The molecule has 0 aromatic rings. The molecule has 0 unspecified atom stereocenters. The molecule has 0 spiro atoms. The van der Waals surface area contributed by atoms with Gasteiger partial charge in [-0.15, -0.1) is 0 Å². The molecule has 4 rings (SSSR count). The molecule has 1 nitrogen and oxygen atoms in total. The number of hydrogen-bond donors (Lipinski definition) is 0. The Labute approximate surface area is 157 Å². The van der Waals surface area contributed by atoms with Gasteiger partial charge in [0.25, 0.3) is 0 Å². The third kappa shape index (κ3) is 2.90. The zero-order chi connectivity index (χ0) is 14.8. The van der Waals surface area contributed by atoms with Gasteiger partial charge in [-0.2, -0.15) is 5.70 Å². The fourth-order valence-electron chi connectivity index (χ4n) is 3.72. The van der Waals surface area contributed by atoms with Crippen LogP contribution in [0.15, 0.2) is 95.3 Å². The maximum atomic E-state index is 5.33. The molecule has 0 aliphatic heterocycles. The van der Waals surface area contributed by atoms with Crippen LogP contribution in [0.1, 0.15) is 25.7 Å². The molecule has 0 saturated carbocycles. The van der Waals surface area contributed by atoms with Crippen LogP contribution in [0.2, 0.25) is 0 Å². The average molecular weight is 378 g/mol. The van der Waals surface area contributed by atoms with Gasteiger partial charge in [-0.3, -0.25) is 0 Å². The molecule has 4 aliphatic rings. The van der Waals surface area contributed by atoms with Crippen molar-refractivity contribution in [3.63, 3.8) is 0 Å². The molecule has 23 heavy (non-hydrogen) atoms. The zero-order valence-electron chi connectivity index (χ0n) is 13.2. The molecule has 2 heteroatoms. The second-order valence-electron chi connectivity index (χ2n) is 6.09. The predicted molar refractivity (Wildman–Crippen MR) is 93.5 cm³/mol. The van der Waals surface area contributed by atoms with E-state index < -0.39 is 0 Å². The van der Waals surface area contributed by atoms with E-state index in [0.717, 1.165) is 25.7 Å². The van der Waals surface area contributed by atoms with Crippen LogP contribution in [0.3, 0.4) is 0 Å². The van der Waals surface area contributed by atoms with Gasteiger partial charge >= 0.3 is 0 Å². The quantitative estimate of drug-likeness (QED) is 0.592. The molecular formula is C21H20NZr-. The van der Waals surface area contributed by atoms with Crippen molar-refractivity contribution in [3.05, 3.63) is 101 Å². The van der Waals surface area contributed by atoms with Crippen molar-refractivity contribution >= 4 is 0 Å². The van der Waals surface area contributed by atoms with Crippen molar-refractivity contribution in [2.45, 2.75) is 31.2 Å². The van der Waals surface area contributed by atoms with Gasteiger partial charge in [0.15, 0.2) is 0 Å². The third-order valence-corrected chi connectivity index (χ3v) is 4.77. The molecule has 0 fully saturated rings. The minimum Gasteiger partial charge on any atom is -0.672 e. The van der Waals surface area contributed by atoms with E-state index in [0.29, 0.717) is 0 Å². The summed E-state index contributed by atoms with van der Waals surface area (Å²) in [6.07, 6.45) is 30.5. The summed E-state index contributed by atoms with van der Waals surface area (Å²) in [5.41, 5.74) is 5.13. The van der Waals surface area contributed by atoms with Gasteiger partial charge in [0.1, 0.15) is 0 Å². The third-order valence-electron chi connectivity index (χ3n) is 4.77. The molecule has 4 aliphatic carbocycles. The number of allylic oxidation sites excluding steroid dienone is 12. The van der Waals surface area contributed by atoms with E-state index in [-0.39, 0.29) is 31.7 Å². The molecular weight excluding hydrogens is 357 g/mol. The van der Waals surface area contributed by atoms with Crippen LogP contribution in [0.25, 0.3) is 5.32 Å². The topological polar surface area (TPSA) is 14.1 Å². The van der Waals surface area contributed by atoms with Crippen molar-refractivity contribution in [1.29, 1.82) is 0 Å². The number of rotatable bonds is 5. The van der Waals surface area contributed by atoms with Gasteiger partial charge in [0.05, 0.1) is 0 Å². The summed E-state index contributed by atoms with van der Waals surface area (Å²) in [5.74, 6) is 0. The van der Waals surface area contributed by atoms with Gasteiger partial charge in [0, 0.05) is 26.2 Å². The standard InChI is InChI=1S/C21H20N.Zr/c1-2-10-17(9-1)21(18-11-3-4-12-18,19-13-5-6-14-19)22-20-15-7-8-16-20;/h1-9,11,13,15H,10,12,14,16H2;/q-1;. The van der Waals surface area contributed by atoms with E-state index in [1.807, 2.05) is 0 Å². The first-order valence-electron chi connectivity index (χ1n) is 8.07. The number of hydrogen-bond acceptors (Lipinski definition) is 0. The van der Waals surface area contributed by atoms with Crippen molar-refractivity contribution in [3.8, 4) is 0 Å². The van der Waals surface area contributed by atoms with Crippen LogP contribution >= 0.6 is 0 Å². The molecule has 0 bridgehead atoms. The van der Waals surface area contributed by atoms with E-state index >= 15 is 0 Å². The maximum Gasteiger partial charge on any atom is 0 e. The Morgan fingerprint density at radius 2 is 1.04 bits per heavy atom. The van der Waals surface area contributed by atoms with Crippen LogP contribution in [0, 0.1) is 0 Å². The van der Waals surface area contributed by atoms with Crippen molar-refractivity contribution < 1.29 is 26.2 Å². The first kappa shape index (κ1) is 16.5. The maximum absolute atomic E-state index is 5.33. The van der Waals surface area contributed by atoms with Crippen LogP contribution in [0.4, 0.5) is 0 Å². The second kappa shape index (κ2) is 7.01. The van der Waals surface area contributed by atoms with E-state index in [1.54, 1.807) is 0 Å². The summed E-state index contributed by atoms with van der Waals surface area (Å²) in [4.78, 5) is 0. The Hall–Kier alpha value is -1.40. The normalized spacial score (nSPS) is 21.2. The monoisotopic (exact) mass is 376 g/mol. The van der Waals surface area contributed by atoms with E-state index in [1.165, 1.54) is 22.4 Å². The van der Waals surface area contributed by atoms with Gasteiger partial charge in [-0.25, -0.2) is 0 Å². The number of nitrogens with zero attached hydrogens (tertiary/aromatic N) is 1. The summed E-state index contributed by atoms with van der Waals surface area (Å²) in [5, 5.41) is 5.33. The molecule has 0 atom stereocenters. The Balaban J connectivity index is 0.00000156. The van der Waals surface area contributed by atoms with Crippen molar-refractivity contribution in [2.75, 3.05) is 0 Å². The van der Waals surface area contributed by atoms with Crippen molar-refractivity contribution in [1.82, 2.24) is 0 Å². The summed E-state index contributed by atoms with van der Waals surface area (Å²) in [6.45, 7) is 0. The van der Waals surface area contributed by atoms with Gasteiger partial charge in [0.2, 0.25) is 0 Å². The first-order chi connectivity index (χ1) is 10.9. The molecule has 0 aromatic heterocycles. The Bertz CT molecular complexity index is 649. The zero-order valence-corrected chi connectivity index (χ0v) is 15.7. The summed E-state index contributed by atoms with van der Waals surface area (Å²) >= 11 is 0. The van der Waals surface area contributed by atoms with Crippen LogP contribution < -0.4 is 0 Å². The summed E-state index contributed by atoms with van der Waals surface area (Å²) in [7, 11) is 0. The molecule has 0 amide bonds. The predicted octanol–water partition coefficient (Wildman–Crippen LogP) is 5.60. The summed E-state index contributed by atoms with van der Waals surface area (Å²) < 4.78 is 0. The molecule has 0 saturated heterocycles. The Morgan fingerprint density at radius 1 is 0.609 bits per heavy atom. The minimum atomic E-state index is -0.283. The fourth-order valence-corrected chi connectivity index (χ4v) is 3.72. The van der Waals surface area contributed by atoms with Crippen molar-refractivity contribution in [2.24, 2.45) is 0 Å². The molecule has 114 valence electrons. The second-order valence-corrected chi connectivity index (χ2v) is 6.09. The van der Waals surface area contributed by atoms with E-state index in [4.69, 9.17) is 5.32 Å². The van der Waals surface area contributed by atoms with Gasteiger partial charge in [-0.05, 0) is 31.2 Å². The molecule has 0 radical (unpaired) electrons. The minimum absolute atomic E-state index is 0. The molecule has 0 aromatic carbocycles. The van der Waals surface area contributed by atoms with E-state index in [2.05, 4.69) is 72.9 Å². The van der Waals surface area contributed by atoms with Crippen LogP contribution in [-0.4, -0.2) is 5.54 Å². The molecule has 0 heterocycles. The van der Waals surface area contributed by atoms with Gasteiger partial charge < -0.3 is 5.32 Å². The fraction of sp³-hybridized carbons (Fsp3) is 0.238. The smallest absolute Gasteiger partial charge is 0 e. The Kier molecular flexibility index (Phi) is 5.02. The largest absolute Gasteiger partial charge is 0.672 e. The average Bonchev–Trinajstić information content (AvgIpc) is 3.36. The van der Waals surface area contributed by atoms with E-state index in [9.17, 15) is 0 Å². The Morgan fingerprint density at radius 3 is 1.39 bits per heavy atom.